The van der Waals surface area contributed by atoms with E-state index in [2.05, 4.69) is 25.2 Å². The molecule has 1 unspecified atom stereocenters. The number of thiazole rings is 1. The number of carbonyl (C=O) groups is 2. The molecule has 4 rings (SSSR count). The van der Waals surface area contributed by atoms with E-state index in [9.17, 15) is 9.59 Å². The fourth-order valence-corrected chi connectivity index (χ4v) is 4.08. The summed E-state index contributed by atoms with van der Waals surface area (Å²) in [5.41, 5.74) is 2.01. The first-order chi connectivity index (χ1) is 13.5. The van der Waals surface area contributed by atoms with Crippen LogP contribution in [0.1, 0.15) is 24.7 Å². The summed E-state index contributed by atoms with van der Waals surface area (Å²) in [7, 11) is 0. The minimum Gasteiger partial charge on any atom is -0.494 e. The van der Waals surface area contributed by atoms with Gasteiger partial charge >= 0.3 is 0 Å². The number of benzene rings is 1. The Labute approximate surface area is 164 Å². The van der Waals surface area contributed by atoms with E-state index in [0.717, 1.165) is 16.0 Å². The van der Waals surface area contributed by atoms with Crippen molar-refractivity contribution in [3.05, 3.63) is 29.6 Å². The van der Waals surface area contributed by atoms with Gasteiger partial charge in [0.15, 0.2) is 5.13 Å². The number of hydrogen-bond donors (Lipinski definition) is 1. The van der Waals surface area contributed by atoms with Gasteiger partial charge in [-0.15, -0.1) is 0 Å². The quantitative estimate of drug-likeness (QED) is 0.673. The molecule has 0 bridgehead atoms. The molecule has 3 heterocycles. The number of hydrogen-bond acceptors (Lipinski definition) is 8. The third-order valence-corrected chi connectivity index (χ3v) is 5.60. The van der Waals surface area contributed by atoms with Crippen LogP contribution in [-0.4, -0.2) is 40.3 Å². The molecule has 146 valence electrons. The number of carbonyl (C=O) groups excluding carboxylic acids is 2. The van der Waals surface area contributed by atoms with Crippen LogP contribution in [0, 0.1) is 12.8 Å². The lowest BCUT2D eigenvalue weighted by Gasteiger charge is -2.12. The van der Waals surface area contributed by atoms with E-state index in [1.807, 2.05) is 25.1 Å². The SMILES string of the molecule is CCOc1ccc2nc(N3CC(C(=O)NCc4nonc4C)CC3=O)sc2c1. The van der Waals surface area contributed by atoms with Gasteiger partial charge in [-0.3, -0.25) is 14.5 Å². The first-order valence-corrected chi connectivity index (χ1v) is 9.76. The highest BCUT2D eigenvalue weighted by Gasteiger charge is 2.36. The minimum atomic E-state index is -0.432. The molecule has 1 saturated heterocycles. The lowest BCUT2D eigenvalue weighted by atomic mass is 10.1. The summed E-state index contributed by atoms with van der Waals surface area (Å²) in [5, 5.41) is 10.8. The molecule has 1 aromatic carbocycles. The van der Waals surface area contributed by atoms with E-state index in [0.29, 0.717) is 29.7 Å². The van der Waals surface area contributed by atoms with Crippen LogP contribution < -0.4 is 15.0 Å². The lowest BCUT2D eigenvalue weighted by molar-refractivity contribution is -0.126. The molecule has 0 radical (unpaired) electrons. The maximum atomic E-state index is 12.5. The van der Waals surface area contributed by atoms with Crippen molar-refractivity contribution >= 4 is 38.5 Å². The zero-order chi connectivity index (χ0) is 19.7. The topological polar surface area (TPSA) is 110 Å². The summed E-state index contributed by atoms with van der Waals surface area (Å²) in [6.07, 6.45) is 0.155. The van der Waals surface area contributed by atoms with E-state index in [1.54, 1.807) is 11.8 Å². The van der Waals surface area contributed by atoms with E-state index < -0.39 is 5.92 Å². The van der Waals surface area contributed by atoms with Gasteiger partial charge in [0.25, 0.3) is 0 Å². The zero-order valence-electron chi connectivity index (χ0n) is 15.5. The molecule has 0 saturated carbocycles. The van der Waals surface area contributed by atoms with Crippen LogP contribution in [0.15, 0.2) is 22.8 Å². The molecule has 28 heavy (non-hydrogen) atoms. The molecule has 1 fully saturated rings. The molecular formula is C18H19N5O4S. The van der Waals surface area contributed by atoms with Gasteiger partial charge in [-0.25, -0.2) is 9.61 Å². The monoisotopic (exact) mass is 401 g/mol. The van der Waals surface area contributed by atoms with Gasteiger partial charge in [0.1, 0.15) is 17.1 Å². The Bertz CT molecular complexity index is 1030. The number of rotatable bonds is 6. The van der Waals surface area contributed by atoms with Crippen molar-refractivity contribution in [1.29, 1.82) is 0 Å². The first-order valence-electron chi connectivity index (χ1n) is 8.94. The molecule has 0 spiro atoms. The van der Waals surface area contributed by atoms with Gasteiger partial charge in [0, 0.05) is 13.0 Å². The average Bonchev–Trinajstić information content (AvgIpc) is 3.37. The molecule has 1 N–H and O–H groups in total. The van der Waals surface area contributed by atoms with E-state index in [-0.39, 0.29) is 24.8 Å². The number of ether oxygens (including phenoxy) is 1. The van der Waals surface area contributed by atoms with Crippen LogP contribution in [0.2, 0.25) is 0 Å². The fourth-order valence-electron chi connectivity index (χ4n) is 3.06. The normalized spacial score (nSPS) is 16.7. The molecule has 0 aliphatic carbocycles. The predicted molar refractivity (Wildman–Crippen MR) is 102 cm³/mol. The van der Waals surface area contributed by atoms with Gasteiger partial charge in [-0.05, 0) is 32.0 Å². The van der Waals surface area contributed by atoms with Gasteiger partial charge < -0.3 is 10.1 Å². The summed E-state index contributed by atoms with van der Waals surface area (Å²) >= 11 is 1.42. The Morgan fingerprint density at radius 3 is 3.04 bits per heavy atom. The maximum Gasteiger partial charge on any atom is 0.229 e. The second-order valence-electron chi connectivity index (χ2n) is 6.48. The largest absolute Gasteiger partial charge is 0.494 e. The second kappa shape index (κ2) is 7.55. The molecule has 2 aromatic heterocycles. The van der Waals surface area contributed by atoms with E-state index in [4.69, 9.17) is 4.74 Å². The summed E-state index contributed by atoms with van der Waals surface area (Å²) in [5.74, 6) is 0.0352. The Hall–Kier alpha value is -3.01. The third-order valence-electron chi connectivity index (χ3n) is 4.56. The van der Waals surface area contributed by atoms with Crippen LogP contribution in [0.5, 0.6) is 5.75 Å². The van der Waals surface area contributed by atoms with Crippen LogP contribution >= 0.6 is 11.3 Å². The van der Waals surface area contributed by atoms with Crippen LogP contribution in [0.25, 0.3) is 10.2 Å². The standard InChI is InChI=1S/C18H19N5O4S/c1-3-26-12-4-5-13-15(7-12)28-18(20-13)23-9-11(6-16(23)24)17(25)19-8-14-10(2)21-27-22-14/h4-5,7,11H,3,6,8-9H2,1-2H3,(H,19,25). The number of aryl methyl sites for hydroxylation is 1. The van der Waals surface area contributed by atoms with Crippen molar-refractivity contribution in [3.8, 4) is 5.75 Å². The highest BCUT2D eigenvalue weighted by atomic mass is 32.1. The minimum absolute atomic E-state index is 0.108. The van der Waals surface area contributed by atoms with Gasteiger partial charge in [-0.1, -0.05) is 21.7 Å². The van der Waals surface area contributed by atoms with Gasteiger partial charge in [0.05, 0.1) is 29.3 Å². The van der Waals surface area contributed by atoms with Crippen molar-refractivity contribution < 1.29 is 19.0 Å². The molecular weight excluding hydrogens is 382 g/mol. The second-order valence-corrected chi connectivity index (χ2v) is 7.49. The number of amides is 2. The molecule has 1 aliphatic heterocycles. The molecule has 1 aliphatic rings. The number of aromatic nitrogens is 3. The summed E-state index contributed by atoms with van der Waals surface area (Å²) in [4.78, 5) is 31.1. The zero-order valence-corrected chi connectivity index (χ0v) is 16.3. The maximum absolute atomic E-state index is 12.5. The molecule has 9 nitrogen and oxygen atoms in total. The number of nitrogens with one attached hydrogen (secondary N) is 1. The van der Waals surface area contributed by atoms with Gasteiger partial charge in [-0.2, -0.15) is 0 Å². The van der Waals surface area contributed by atoms with E-state index in [1.165, 1.54) is 11.3 Å². The van der Waals surface area contributed by atoms with E-state index >= 15 is 0 Å². The fraction of sp³-hybridized carbons (Fsp3) is 0.389. The molecule has 2 amide bonds. The Morgan fingerprint density at radius 1 is 1.43 bits per heavy atom. The van der Waals surface area contributed by atoms with Crippen molar-refractivity contribution in [2.75, 3.05) is 18.1 Å². The summed E-state index contributed by atoms with van der Waals surface area (Å²) in [6.45, 7) is 4.79. The third kappa shape index (κ3) is 3.55. The van der Waals surface area contributed by atoms with Crippen LogP contribution in [0.3, 0.4) is 0 Å². The van der Waals surface area contributed by atoms with Crippen LogP contribution in [-0.2, 0) is 16.1 Å². The average molecular weight is 401 g/mol. The number of fused-ring (bicyclic) bond motifs is 1. The Morgan fingerprint density at radius 2 is 2.29 bits per heavy atom. The highest BCUT2D eigenvalue weighted by molar-refractivity contribution is 7.22. The van der Waals surface area contributed by atoms with Crippen molar-refractivity contribution in [2.45, 2.75) is 26.8 Å². The molecule has 1 atom stereocenters. The lowest BCUT2D eigenvalue weighted by Crippen LogP contribution is -2.32. The Kier molecular flexibility index (Phi) is 4.95. The first kappa shape index (κ1) is 18.4. The number of nitrogens with zero attached hydrogens (tertiary/aromatic N) is 4. The predicted octanol–water partition coefficient (Wildman–Crippen LogP) is 2.06. The molecule has 10 heteroatoms. The Balaban J connectivity index is 1.44. The van der Waals surface area contributed by atoms with Crippen molar-refractivity contribution in [2.24, 2.45) is 5.92 Å². The highest BCUT2D eigenvalue weighted by Crippen LogP contribution is 2.34. The number of anilines is 1. The van der Waals surface area contributed by atoms with Crippen molar-refractivity contribution in [3.63, 3.8) is 0 Å². The summed E-state index contributed by atoms with van der Waals surface area (Å²) in [6, 6.07) is 5.65. The molecule has 3 aromatic rings. The smallest absolute Gasteiger partial charge is 0.229 e. The summed E-state index contributed by atoms with van der Waals surface area (Å²) < 4.78 is 11.1. The van der Waals surface area contributed by atoms with Crippen LogP contribution in [0.4, 0.5) is 5.13 Å². The van der Waals surface area contributed by atoms with Crippen molar-refractivity contribution in [1.82, 2.24) is 20.6 Å². The van der Waals surface area contributed by atoms with Gasteiger partial charge in [0.2, 0.25) is 11.8 Å².